The Morgan fingerprint density at radius 2 is 0.352 bits per heavy atom. The lowest BCUT2D eigenvalue weighted by Crippen LogP contribution is -2.52. The van der Waals surface area contributed by atoms with E-state index in [0.29, 0.717) is 0 Å². The number of carbonyl (C=O) groups is 9. The molecule has 0 radical (unpaired) electrons. The number of benzene rings is 3. The molecule has 3 aromatic rings. The average Bonchev–Trinajstić information content (AvgIpc) is 0.764. The highest BCUT2D eigenvalue weighted by atomic mass is 127. The fourth-order valence-corrected chi connectivity index (χ4v) is 25.4. The van der Waals surface area contributed by atoms with Gasteiger partial charge in [0.25, 0.3) is 35.4 Å². The van der Waals surface area contributed by atoms with Crippen LogP contribution >= 0.6 is 203 Å². The van der Waals surface area contributed by atoms with Crippen molar-refractivity contribution in [3.05, 3.63) is 65.5 Å². The lowest BCUT2D eigenvalue weighted by atomic mass is 9.88. The summed E-state index contributed by atoms with van der Waals surface area (Å²) in [7, 11) is 3.62. The van der Waals surface area contributed by atoms with Crippen LogP contribution in [-0.4, -0.2) is 492 Å². The number of halogens is 9. The number of amides is 12. The molecule has 710 valence electrons. The number of aliphatic hydroxyl groups excluding tert-OH is 24. The van der Waals surface area contributed by atoms with Gasteiger partial charge in [0.1, 0.15) is 0 Å². The van der Waals surface area contributed by atoms with E-state index in [0.717, 1.165) is 44.1 Å². The number of aliphatic hydroxyl groups is 24. The highest BCUT2D eigenvalue weighted by Gasteiger charge is 2.42. The predicted octanol–water partition coefficient (Wildman–Crippen LogP) is -6.18. The molecule has 125 heavy (non-hydrogen) atoms. The van der Waals surface area contributed by atoms with Crippen LogP contribution in [0.25, 0.3) is 0 Å². The van der Waals surface area contributed by atoms with Gasteiger partial charge in [0, 0.05) is 135 Å². The number of carbonyl (C=O) groups excluding carboxylic acids is 9. The van der Waals surface area contributed by atoms with Crippen molar-refractivity contribution in [1.29, 1.82) is 0 Å². The first kappa shape index (κ1) is 117. The molecule has 0 aliphatic rings. The van der Waals surface area contributed by atoms with E-state index < -0.39 is 343 Å². The second-order valence-electron chi connectivity index (χ2n) is 29.2. The molecule has 12 unspecified atom stereocenters. The number of nitrogens with zero attached hydrogens (tertiary/aromatic N) is 9. The molecule has 54 heteroatoms. The van der Waals surface area contributed by atoms with Crippen LogP contribution < -0.4 is 16.0 Å². The molecule has 0 aromatic heterocycles. The highest BCUT2D eigenvalue weighted by Crippen LogP contribution is 2.42. The zero-order valence-electron chi connectivity index (χ0n) is 67.4. The summed E-state index contributed by atoms with van der Waals surface area (Å²) in [5.41, 5.74) is -5.35. The monoisotopic (exact) mass is 2800 g/mol. The van der Waals surface area contributed by atoms with Gasteiger partial charge in [-0.2, -0.15) is 0 Å². The van der Waals surface area contributed by atoms with Crippen molar-refractivity contribution in [2.75, 3.05) is 215 Å². The first-order valence-electron chi connectivity index (χ1n) is 37.4. The Balaban J connectivity index is 2.68. The zero-order chi connectivity index (χ0) is 95.4. The van der Waals surface area contributed by atoms with Crippen LogP contribution in [0.15, 0.2) is 0 Å². The van der Waals surface area contributed by atoms with E-state index in [4.69, 9.17) is 0 Å². The summed E-state index contributed by atoms with van der Waals surface area (Å²) in [5.74, 6) is -6.54. The Morgan fingerprint density at radius 3 is 0.456 bits per heavy atom. The van der Waals surface area contributed by atoms with Crippen LogP contribution in [0.3, 0.4) is 0 Å². The molecule has 45 nitrogen and oxygen atoms in total. The quantitative estimate of drug-likeness (QED) is 0.0234. The van der Waals surface area contributed by atoms with E-state index in [-0.39, 0.29) is 49.2 Å². The summed E-state index contributed by atoms with van der Waals surface area (Å²) < 4.78 is -1.58. The number of hydrogen-bond donors (Lipinski definition) is 27. The lowest BCUT2D eigenvalue weighted by Gasteiger charge is -2.39. The van der Waals surface area contributed by atoms with Crippen LogP contribution in [0, 0.1) is 37.5 Å². The van der Waals surface area contributed by atoms with E-state index >= 15 is 43.2 Å². The summed E-state index contributed by atoms with van der Waals surface area (Å²) >= 11 is 14.8. The minimum Gasteiger partial charge on any atom is -0.394 e. The number of rotatable bonds is 51. The third-order valence-corrected chi connectivity index (χ3v) is 28.0. The first-order chi connectivity index (χ1) is 58.5. The minimum atomic E-state index is -1.78. The molecular formula is C71H105I9N12O33. The Labute approximate surface area is 839 Å². The van der Waals surface area contributed by atoms with E-state index in [9.17, 15) is 123 Å². The highest BCUT2D eigenvalue weighted by molar-refractivity contribution is 14.1. The maximum absolute atomic E-state index is 15.5. The van der Waals surface area contributed by atoms with Crippen LogP contribution in [0.1, 0.15) is 69.1 Å². The van der Waals surface area contributed by atoms with Crippen LogP contribution in [-0.2, 0) is 0 Å². The summed E-state index contributed by atoms with van der Waals surface area (Å²) in [5, 5.41) is 256. The van der Waals surface area contributed by atoms with Crippen molar-refractivity contribution >= 4 is 274 Å². The van der Waals surface area contributed by atoms with Gasteiger partial charge in [0.2, 0.25) is 0 Å². The minimum absolute atomic E-state index is 0.161. The zero-order valence-corrected chi connectivity index (χ0v) is 86.8. The molecule has 27 N–H and O–H groups in total. The van der Waals surface area contributed by atoms with E-state index in [1.807, 2.05) is 0 Å². The van der Waals surface area contributed by atoms with E-state index in [2.05, 4.69) is 16.0 Å². The van der Waals surface area contributed by atoms with Gasteiger partial charge in [-0.3, -0.25) is 28.8 Å². The standard InChI is InChI=1S/C71H105I9N12O33/c1-71(29-84(2)68(123)81-59-53(75)44(62(117)87(5-32(105)17-93)6-33(106)18-94)50(72)45(54(59)76)63(118)88(7-34(107)19-95)8-35(108)20-96,30-85(3)69(124)82-60-55(77)46(64(119)89(9-36(109)21-97)10-37(110)22-98)51(73)47(56(60)78)65(120)90(11-38(111)23-99)12-39(112)24-100)31-86(4)70(125)83-61-57(79)48(66(121)91(13-40(113)25-101)14-41(114)26-102)52(74)49(58(61)80)67(122)92(15-42(115)27-103)16-43(116)28-104/h32-43,93-116H,5-31H2,1-4H3,(H,81,123)(H,82,124)(H,83,125). The van der Waals surface area contributed by atoms with Crippen molar-refractivity contribution in [1.82, 2.24) is 44.1 Å². The van der Waals surface area contributed by atoms with Gasteiger partial charge in [0.15, 0.2) is 0 Å². The molecule has 12 atom stereocenters. The van der Waals surface area contributed by atoms with Crippen LogP contribution in [0.2, 0.25) is 0 Å². The van der Waals surface area contributed by atoms with Gasteiger partial charge < -0.3 is 183 Å². The Bertz CT molecular complexity index is 3480. The van der Waals surface area contributed by atoms with E-state index in [1.165, 1.54) is 28.1 Å². The Hall–Kier alpha value is -2.10. The largest absolute Gasteiger partial charge is 0.394 e. The second kappa shape index (κ2) is 56.3. The SMILES string of the molecule is CN(CC(C)(CN(C)C(=O)Nc1c(I)c(C(=O)N(CC(O)CO)CC(O)CO)c(I)c(C(=O)N(CC(O)CO)CC(O)CO)c1I)CN(C)C(=O)Nc1c(I)c(C(=O)N(CC(O)CO)CC(O)CO)c(I)c(C(=O)N(CC(O)CO)CC(O)CO)c1I)C(=O)Nc1c(I)c(C(=O)N(CC(O)CO)CC(O)CO)c(I)c(C(=O)N(CC(O)CO)CC(O)CO)c1I. The molecule has 3 rings (SSSR count). The Morgan fingerprint density at radius 1 is 0.240 bits per heavy atom. The van der Waals surface area contributed by atoms with Crippen molar-refractivity contribution in [2.24, 2.45) is 5.41 Å². The van der Waals surface area contributed by atoms with Gasteiger partial charge in [-0.1, -0.05) is 6.92 Å². The van der Waals surface area contributed by atoms with Crippen molar-refractivity contribution in [3.8, 4) is 0 Å². The topological polar surface area (TPSA) is 704 Å². The summed E-state index contributed by atoms with van der Waals surface area (Å²) in [6.45, 7) is -20.2. The molecule has 12 amide bonds. The van der Waals surface area contributed by atoms with Gasteiger partial charge in [-0.05, 0) is 203 Å². The molecule has 0 spiro atoms. The molecule has 0 bridgehead atoms. The van der Waals surface area contributed by atoms with Crippen molar-refractivity contribution < 1.29 is 166 Å². The molecular weight excluding hydrogens is 2690 g/mol. The first-order valence-corrected chi connectivity index (χ1v) is 47.1. The lowest BCUT2D eigenvalue weighted by molar-refractivity contribution is 0.0203. The summed E-state index contributed by atoms with van der Waals surface area (Å²) in [6, 6.07) is -3.36. The molecule has 0 fully saturated rings. The fraction of sp³-hybridized carbons (Fsp3) is 0.620. The maximum atomic E-state index is 15.5. The summed E-state index contributed by atoms with van der Waals surface area (Å²) in [6.07, 6.45) is -20.2. The third-order valence-electron chi connectivity index (χ3n) is 18.3. The predicted molar refractivity (Wildman–Crippen MR) is 519 cm³/mol. The smallest absolute Gasteiger partial charge is 0.321 e. The fourth-order valence-electron chi connectivity index (χ4n) is 12.3. The Kier molecular flexibility index (Phi) is 52.7. The molecule has 3 aromatic carbocycles. The van der Waals surface area contributed by atoms with Crippen LogP contribution in [0.5, 0.6) is 0 Å². The molecule has 0 heterocycles. The van der Waals surface area contributed by atoms with Crippen molar-refractivity contribution in [3.63, 3.8) is 0 Å². The molecule has 0 aliphatic carbocycles. The number of hydrogen-bond acceptors (Lipinski definition) is 33. The average molecular weight is 2800 g/mol. The number of urea groups is 3. The second-order valence-corrected chi connectivity index (χ2v) is 38.9. The van der Waals surface area contributed by atoms with Crippen LogP contribution in [0.4, 0.5) is 31.4 Å². The van der Waals surface area contributed by atoms with Gasteiger partial charge >= 0.3 is 18.1 Å². The maximum Gasteiger partial charge on any atom is 0.321 e. The van der Waals surface area contributed by atoms with E-state index in [1.54, 1.807) is 203 Å². The molecule has 0 saturated carbocycles. The molecule has 0 aliphatic heterocycles. The summed E-state index contributed by atoms with van der Waals surface area (Å²) in [4.78, 5) is 145. The normalized spacial score (nSPS) is 15.0. The van der Waals surface area contributed by atoms with Gasteiger partial charge in [-0.25, -0.2) is 14.4 Å². The van der Waals surface area contributed by atoms with Gasteiger partial charge in [-0.15, -0.1) is 0 Å². The molecule has 0 saturated heterocycles. The van der Waals surface area contributed by atoms with Gasteiger partial charge in [0.05, 0.1) is 224 Å². The number of anilines is 3. The van der Waals surface area contributed by atoms with Crippen molar-refractivity contribution in [2.45, 2.75) is 80.2 Å². The number of nitrogens with one attached hydrogen (secondary N) is 3. The third kappa shape index (κ3) is 33.4.